The minimum Gasteiger partial charge on any atom is -0.340 e. The second kappa shape index (κ2) is 8.22. The molecule has 7 nitrogen and oxygen atoms in total. The van der Waals surface area contributed by atoms with Crippen LogP contribution in [0.5, 0.6) is 0 Å². The van der Waals surface area contributed by atoms with E-state index in [-0.39, 0.29) is 18.3 Å². The molecular formula is C20H20ClN5O2. The smallest absolute Gasteiger partial charge is 0.291 e. The minimum absolute atomic E-state index is 0.00711. The van der Waals surface area contributed by atoms with Gasteiger partial charge in [-0.2, -0.15) is 0 Å². The fourth-order valence-corrected chi connectivity index (χ4v) is 2.87. The van der Waals surface area contributed by atoms with E-state index in [1.165, 1.54) is 0 Å². The molecule has 2 aromatic carbocycles. The predicted octanol–water partition coefficient (Wildman–Crippen LogP) is 3.21. The first kappa shape index (κ1) is 19.6. The van der Waals surface area contributed by atoms with E-state index in [4.69, 9.17) is 11.6 Å². The van der Waals surface area contributed by atoms with E-state index >= 15 is 0 Å². The normalized spacial score (nSPS) is 10.6. The number of nitrogens with zero attached hydrogens (tertiary/aromatic N) is 3. The van der Waals surface area contributed by atoms with E-state index in [9.17, 15) is 9.59 Å². The summed E-state index contributed by atoms with van der Waals surface area (Å²) in [6.07, 6.45) is 0. The Bertz CT molecular complexity index is 1010. The zero-order chi connectivity index (χ0) is 20.3. The number of carbonyl (C=O) groups is 2. The van der Waals surface area contributed by atoms with Crippen LogP contribution < -0.4 is 10.6 Å². The van der Waals surface area contributed by atoms with Gasteiger partial charge in [0.25, 0.3) is 5.91 Å². The molecule has 0 saturated heterocycles. The molecule has 3 rings (SSSR count). The maximum Gasteiger partial charge on any atom is 0.291 e. The number of nitrogens with one attached hydrogen (secondary N) is 2. The second-order valence-electron chi connectivity index (χ2n) is 6.37. The Morgan fingerprint density at radius 3 is 2.32 bits per heavy atom. The number of anilines is 1. The molecule has 0 bridgehead atoms. The van der Waals surface area contributed by atoms with Crippen molar-refractivity contribution in [1.82, 2.24) is 20.1 Å². The number of hydrogen-bond acceptors (Lipinski definition) is 4. The number of para-hydroxylation sites is 1. The summed E-state index contributed by atoms with van der Waals surface area (Å²) in [4.78, 5) is 28.7. The Morgan fingerprint density at radius 1 is 1.04 bits per heavy atom. The van der Waals surface area contributed by atoms with Crippen molar-refractivity contribution in [3.63, 3.8) is 0 Å². The Labute approximate surface area is 167 Å². The molecule has 0 unspecified atom stereocenters. The summed E-state index contributed by atoms with van der Waals surface area (Å²) < 4.78 is 1.54. The van der Waals surface area contributed by atoms with Crippen LogP contribution in [0.15, 0.2) is 42.5 Å². The maximum absolute atomic E-state index is 12.3. The molecule has 144 valence electrons. The number of hydrogen-bond donors (Lipinski definition) is 2. The molecule has 2 N–H and O–H groups in total. The third kappa shape index (κ3) is 4.37. The molecule has 1 heterocycles. The number of halogens is 1. The average molecular weight is 398 g/mol. The van der Waals surface area contributed by atoms with Crippen LogP contribution in [0.2, 0.25) is 5.02 Å². The summed E-state index contributed by atoms with van der Waals surface area (Å²) >= 11 is 5.90. The van der Waals surface area contributed by atoms with Gasteiger partial charge < -0.3 is 10.6 Å². The number of amides is 2. The van der Waals surface area contributed by atoms with Gasteiger partial charge in [0.05, 0.1) is 12.2 Å². The van der Waals surface area contributed by atoms with E-state index < -0.39 is 5.91 Å². The van der Waals surface area contributed by atoms with Gasteiger partial charge in [0, 0.05) is 10.7 Å². The van der Waals surface area contributed by atoms with Crippen molar-refractivity contribution < 1.29 is 9.59 Å². The number of aryl methyl sites for hydroxylation is 3. The Balaban J connectivity index is 1.64. The van der Waals surface area contributed by atoms with Crippen molar-refractivity contribution in [1.29, 1.82) is 0 Å². The fourth-order valence-electron chi connectivity index (χ4n) is 2.75. The molecule has 0 radical (unpaired) electrons. The lowest BCUT2D eigenvalue weighted by Gasteiger charge is -2.11. The van der Waals surface area contributed by atoms with E-state index in [1.54, 1.807) is 35.9 Å². The molecule has 1 aromatic heterocycles. The number of aromatic nitrogens is 3. The lowest BCUT2D eigenvalue weighted by atomic mass is 10.1. The lowest BCUT2D eigenvalue weighted by Crippen LogP contribution is -2.33. The number of rotatable bonds is 5. The summed E-state index contributed by atoms with van der Waals surface area (Å²) in [7, 11) is 0. The number of carbonyl (C=O) groups excluding carboxylic acids is 2. The van der Waals surface area contributed by atoms with E-state index in [2.05, 4.69) is 20.7 Å². The maximum atomic E-state index is 12.3. The number of benzene rings is 2. The first-order valence-electron chi connectivity index (χ1n) is 8.69. The highest BCUT2D eigenvalue weighted by atomic mass is 35.5. The van der Waals surface area contributed by atoms with Gasteiger partial charge >= 0.3 is 0 Å². The van der Waals surface area contributed by atoms with Gasteiger partial charge in [0.1, 0.15) is 5.82 Å². The van der Waals surface area contributed by atoms with E-state index in [0.717, 1.165) is 22.5 Å². The van der Waals surface area contributed by atoms with Gasteiger partial charge in [-0.25, -0.2) is 9.67 Å². The quantitative estimate of drug-likeness (QED) is 0.691. The van der Waals surface area contributed by atoms with E-state index in [0.29, 0.717) is 10.8 Å². The van der Waals surface area contributed by atoms with Gasteiger partial charge in [-0.05, 0) is 56.2 Å². The lowest BCUT2D eigenvalue weighted by molar-refractivity contribution is -0.115. The van der Waals surface area contributed by atoms with Crippen molar-refractivity contribution in [2.45, 2.75) is 20.8 Å². The average Bonchev–Trinajstić information content (AvgIpc) is 3.05. The summed E-state index contributed by atoms with van der Waals surface area (Å²) in [6.45, 7) is 5.39. The zero-order valence-corrected chi connectivity index (χ0v) is 16.5. The third-order valence-corrected chi connectivity index (χ3v) is 4.45. The highest BCUT2D eigenvalue weighted by Crippen LogP contribution is 2.19. The second-order valence-corrected chi connectivity index (χ2v) is 6.80. The SMILES string of the molecule is Cc1cccc(C)c1NC(=O)CNC(=O)c1nc(C)n(-c2ccc(Cl)cc2)n1. The Morgan fingerprint density at radius 2 is 1.68 bits per heavy atom. The van der Waals surface area contributed by atoms with Gasteiger partial charge in [0.2, 0.25) is 11.7 Å². The molecule has 0 aliphatic rings. The zero-order valence-electron chi connectivity index (χ0n) is 15.8. The van der Waals surface area contributed by atoms with Gasteiger partial charge in [-0.1, -0.05) is 29.8 Å². The minimum atomic E-state index is -0.521. The van der Waals surface area contributed by atoms with E-state index in [1.807, 2.05) is 32.0 Å². The van der Waals surface area contributed by atoms with Crippen molar-refractivity contribution in [2.75, 3.05) is 11.9 Å². The molecule has 0 aliphatic carbocycles. The van der Waals surface area contributed by atoms with Crippen LogP contribution in [0.1, 0.15) is 27.6 Å². The van der Waals surface area contributed by atoms with Crippen molar-refractivity contribution in [3.8, 4) is 5.69 Å². The molecular weight excluding hydrogens is 378 g/mol. The first-order valence-corrected chi connectivity index (χ1v) is 9.07. The van der Waals surface area contributed by atoms with Crippen LogP contribution >= 0.6 is 11.6 Å². The summed E-state index contributed by atoms with van der Waals surface area (Å²) in [5, 5.41) is 10.2. The van der Waals surface area contributed by atoms with Crippen molar-refractivity contribution in [2.24, 2.45) is 0 Å². The van der Waals surface area contributed by atoms with Crippen LogP contribution in [-0.4, -0.2) is 33.1 Å². The molecule has 0 spiro atoms. The van der Waals surface area contributed by atoms with Crippen LogP contribution in [0.25, 0.3) is 5.69 Å². The molecule has 3 aromatic rings. The highest BCUT2D eigenvalue weighted by molar-refractivity contribution is 6.30. The topological polar surface area (TPSA) is 88.9 Å². The van der Waals surface area contributed by atoms with Gasteiger partial charge in [0.15, 0.2) is 0 Å². The molecule has 0 aliphatic heterocycles. The molecule has 0 atom stereocenters. The van der Waals surface area contributed by atoms with Crippen LogP contribution in [0, 0.1) is 20.8 Å². The van der Waals surface area contributed by atoms with Crippen molar-refractivity contribution >= 4 is 29.1 Å². The largest absolute Gasteiger partial charge is 0.340 e. The Hall–Kier alpha value is -3.19. The molecule has 0 saturated carbocycles. The van der Waals surface area contributed by atoms with Crippen LogP contribution in [0.4, 0.5) is 5.69 Å². The first-order chi connectivity index (χ1) is 13.3. The van der Waals surface area contributed by atoms with Crippen LogP contribution in [-0.2, 0) is 4.79 Å². The van der Waals surface area contributed by atoms with Gasteiger partial charge in [-0.3, -0.25) is 9.59 Å². The summed E-state index contributed by atoms with van der Waals surface area (Å²) in [5.74, 6) is -0.299. The highest BCUT2D eigenvalue weighted by Gasteiger charge is 2.16. The monoisotopic (exact) mass is 397 g/mol. The summed E-state index contributed by atoms with van der Waals surface area (Å²) in [6, 6.07) is 12.8. The third-order valence-electron chi connectivity index (χ3n) is 4.20. The standard InChI is InChI=1S/C20H20ClN5O2/c1-12-5-4-6-13(2)18(12)24-17(27)11-22-20(28)19-23-14(3)26(25-19)16-9-7-15(21)8-10-16/h4-10H,11H2,1-3H3,(H,22,28)(H,24,27). The molecule has 28 heavy (non-hydrogen) atoms. The fraction of sp³-hybridized carbons (Fsp3) is 0.200. The van der Waals surface area contributed by atoms with Crippen molar-refractivity contribution in [3.05, 3.63) is 70.3 Å². The molecule has 8 heteroatoms. The predicted molar refractivity (Wildman–Crippen MR) is 108 cm³/mol. The molecule has 2 amide bonds. The molecule has 0 fully saturated rings. The Kier molecular flexibility index (Phi) is 5.75. The summed E-state index contributed by atoms with van der Waals surface area (Å²) in [5.41, 5.74) is 3.40. The van der Waals surface area contributed by atoms with Gasteiger partial charge in [-0.15, -0.1) is 5.10 Å². The van der Waals surface area contributed by atoms with Crippen LogP contribution in [0.3, 0.4) is 0 Å².